The van der Waals surface area contributed by atoms with E-state index in [1.807, 2.05) is 11.3 Å². The number of fused-ring (bicyclic) bond motifs is 10. The van der Waals surface area contributed by atoms with Crippen molar-refractivity contribution in [3.8, 4) is 51.5 Å². The maximum absolute atomic E-state index is 4.98. The molecule has 8 heteroatoms. The third kappa shape index (κ3) is 16.1. The van der Waals surface area contributed by atoms with Crippen molar-refractivity contribution in [3.63, 3.8) is 0 Å². The largest absolute Gasteiger partial charge is 0.337 e. The van der Waals surface area contributed by atoms with E-state index in [1.54, 1.807) is 65.2 Å². The minimum atomic E-state index is -0.0235. The minimum absolute atomic E-state index is 0.0235. The SMILES string of the molecule is CCCCCCCCC(CCCCCCCC)n1c2cc3c(cc2c2cc4c(cc21)-c1sc(-c2ccc(-c5ccc(-c6cccs6)c6nsnc56)s2)cc1C4(CCCCCCCC)CCCCCCCC)C(CCCCCCCC)(CCCCCCCC)c1ccsc1-3. The molecule has 502 valence electrons. The lowest BCUT2D eigenvalue weighted by Crippen LogP contribution is -2.25. The monoisotopic (exact) mass is 1340 g/mol. The Morgan fingerprint density at radius 1 is 0.344 bits per heavy atom. The van der Waals surface area contributed by atoms with Gasteiger partial charge in [-0.15, -0.1) is 45.3 Å². The smallest absolute Gasteiger partial charge is 0.114 e. The van der Waals surface area contributed by atoms with Crippen molar-refractivity contribution in [1.29, 1.82) is 0 Å². The quantitative estimate of drug-likeness (QED) is 0.0356. The first-order chi connectivity index (χ1) is 45.9. The molecule has 0 spiro atoms. The van der Waals surface area contributed by atoms with E-state index >= 15 is 0 Å². The molecular formula is C85H117N3S5. The second-order valence-electron chi connectivity index (χ2n) is 29.0. The molecule has 2 aliphatic rings. The summed E-state index contributed by atoms with van der Waals surface area (Å²) in [6.45, 7) is 14.2. The van der Waals surface area contributed by atoms with Gasteiger partial charge in [-0.25, -0.2) is 0 Å². The van der Waals surface area contributed by atoms with Crippen LogP contribution in [0.25, 0.3) is 84.4 Å². The summed E-state index contributed by atoms with van der Waals surface area (Å²) in [5.74, 6) is 0. The van der Waals surface area contributed by atoms with Gasteiger partial charge in [0, 0.05) is 68.0 Å². The summed E-state index contributed by atoms with van der Waals surface area (Å²) in [7, 11) is 0. The lowest BCUT2D eigenvalue weighted by atomic mass is 9.70. The average Bonchev–Trinajstić information content (AvgIpc) is 1.53. The number of benzene rings is 3. The summed E-state index contributed by atoms with van der Waals surface area (Å²) in [5.41, 5.74) is 17.4. The second kappa shape index (κ2) is 35.5. The highest BCUT2D eigenvalue weighted by Crippen LogP contribution is 2.62. The van der Waals surface area contributed by atoms with Crippen LogP contribution in [0.3, 0.4) is 0 Å². The van der Waals surface area contributed by atoms with Crippen LogP contribution in [-0.4, -0.2) is 13.3 Å². The Hall–Kier alpha value is -3.92. The van der Waals surface area contributed by atoms with Crippen LogP contribution in [0.15, 0.2) is 83.6 Å². The Labute approximate surface area is 584 Å². The fraction of sp³-hybridized carbons (Fsp3) is 0.600. The summed E-state index contributed by atoms with van der Waals surface area (Å²) >= 11 is 9.29. The summed E-state index contributed by atoms with van der Waals surface area (Å²) in [4.78, 5) is 8.55. The van der Waals surface area contributed by atoms with Crippen molar-refractivity contribution >= 4 is 89.9 Å². The van der Waals surface area contributed by atoms with Crippen molar-refractivity contribution in [2.75, 3.05) is 0 Å². The van der Waals surface area contributed by atoms with Gasteiger partial charge in [-0.3, -0.25) is 0 Å². The number of hydrogen-bond donors (Lipinski definition) is 0. The second-order valence-corrected chi connectivity index (χ2v) is 33.5. The number of aromatic nitrogens is 3. The van der Waals surface area contributed by atoms with E-state index < -0.39 is 0 Å². The topological polar surface area (TPSA) is 30.7 Å². The Morgan fingerprint density at radius 3 is 1.25 bits per heavy atom. The molecule has 0 atom stereocenters. The van der Waals surface area contributed by atoms with Crippen LogP contribution in [0.1, 0.15) is 340 Å². The molecular weight excluding hydrogens is 1220 g/mol. The Morgan fingerprint density at radius 2 is 0.774 bits per heavy atom. The Balaban J connectivity index is 1.09. The van der Waals surface area contributed by atoms with Crippen LogP contribution in [0, 0.1) is 0 Å². The summed E-state index contributed by atoms with van der Waals surface area (Å²) < 4.78 is 12.9. The summed E-state index contributed by atoms with van der Waals surface area (Å²) in [5, 5.41) is 7.78. The summed E-state index contributed by atoms with van der Waals surface area (Å²) in [6, 6.07) is 31.1. The molecule has 2 aliphatic carbocycles. The van der Waals surface area contributed by atoms with Crippen LogP contribution >= 0.6 is 57.1 Å². The molecule has 0 radical (unpaired) electrons. The molecule has 0 bridgehead atoms. The Kier molecular flexibility index (Phi) is 26.9. The predicted octanol–water partition coefficient (Wildman–Crippen LogP) is 30.6. The van der Waals surface area contributed by atoms with Crippen LogP contribution in [0.2, 0.25) is 0 Å². The van der Waals surface area contributed by atoms with Gasteiger partial charge >= 0.3 is 0 Å². The average molecular weight is 1340 g/mol. The zero-order chi connectivity index (χ0) is 64.2. The molecule has 0 N–H and O–H groups in total. The van der Waals surface area contributed by atoms with E-state index in [1.165, 1.54) is 323 Å². The molecule has 0 fully saturated rings. The highest BCUT2D eigenvalue weighted by atomic mass is 32.1. The standard InChI is InChI=1S/C85H117N3S5/c1-7-13-19-25-31-37-44-63(45-38-32-26-20-14-8-2)88-74-60-68-71(84(70-51-57-90-82(68)70,52-39-33-27-21-15-9-3)53-40-34-28-22-16-10-4)58-66(74)67-59-72-69(61-75(67)88)83-73(85(72,54-41-35-29-23-17-11-5)55-42-36-30-24-18-12-6)62-79(92-83)78-50-49-77(91-78)65-48-47-64(76-46-43-56-89-76)80-81(65)87-93-86-80/h43,46-51,56-63H,7-42,44-45,52-55H2,1-6H3. The minimum Gasteiger partial charge on any atom is -0.337 e. The molecule has 6 heterocycles. The fourth-order valence-corrected chi connectivity index (χ4v) is 21.9. The molecule has 0 saturated heterocycles. The van der Waals surface area contributed by atoms with Gasteiger partial charge in [-0.2, -0.15) is 8.75 Å². The van der Waals surface area contributed by atoms with Crippen LogP contribution < -0.4 is 0 Å². The number of hydrogen-bond acceptors (Lipinski definition) is 7. The molecule has 0 aliphatic heterocycles. The van der Waals surface area contributed by atoms with Gasteiger partial charge in [0.15, 0.2) is 0 Å². The van der Waals surface area contributed by atoms with Crippen LogP contribution in [0.4, 0.5) is 0 Å². The Bertz CT molecular complexity index is 3640. The molecule has 0 amide bonds. The molecule has 9 aromatic rings. The molecule has 93 heavy (non-hydrogen) atoms. The summed E-state index contributed by atoms with van der Waals surface area (Å²) in [6.07, 6.45) is 56.0. The van der Waals surface area contributed by atoms with Crippen molar-refractivity contribution in [2.24, 2.45) is 0 Å². The normalized spacial score (nSPS) is 13.8. The number of unbranched alkanes of at least 4 members (excludes halogenated alkanes) is 30. The van der Waals surface area contributed by atoms with E-state index in [-0.39, 0.29) is 10.8 Å². The van der Waals surface area contributed by atoms with Crippen LogP contribution in [0.5, 0.6) is 0 Å². The maximum atomic E-state index is 4.98. The predicted molar refractivity (Wildman–Crippen MR) is 418 cm³/mol. The lowest BCUT2D eigenvalue weighted by molar-refractivity contribution is 0.398. The van der Waals surface area contributed by atoms with Crippen molar-refractivity contribution in [1.82, 2.24) is 13.3 Å². The third-order valence-corrected chi connectivity index (χ3v) is 27.2. The number of thiophene rings is 4. The van der Waals surface area contributed by atoms with Gasteiger partial charge in [0.2, 0.25) is 0 Å². The lowest BCUT2D eigenvalue weighted by Gasteiger charge is -2.33. The highest BCUT2D eigenvalue weighted by molar-refractivity contribution is 7.25. The van der Waals surface area contributed by atoms with E-state index in [0.29, 0.717) is 6.04 Å². The van der Waals surface area contributed by atoms with Gasteiger partial charge in [0.1, 0.15) is 11.0 Å². The van der Waals surface area contributed by atoms with E-state index in [2.05, 4.69) is 152 Å². The molecule has 11 rings (SSSR count). The van der Waals surface area contributed by atoms with Gasteiger partial charge in [-0.05, 0) is 137 Å². The first-order valence-corrected chi connectivity index (χ1v) is 42.8. The van der Waals surface area contributed by atoms with Gasteiger partial charge in [0.05, 0.1) is 22.8 Å². The van der Waals surface area contributed by atoms with Crippen molar-refractivity contribution in [3.05, 3.63) is 106 Å². The van der Waals surface area contributed by atoms with E-state index in [4.69, 9.17) is 8.75 Å². The van der Waals surface area contributed by atoms with Gasteiger partial charge in [0.25, 0.3) is 0 Å². The first-order valence-electron chi connectivity index (χ1n) is 38.7. The number of nitrogens with zero attached hydrogens (tertiary/aromatic N) is 3. The van der Waals surface area contributed by atoms with Crippen molar-refractivity contribution < 1.29 is 0 Å². The molecule has 3 aromatic carbocycles. The molecule has 0 unspecified atom stereocenters. The van der Waals surface area contributed by atoms with Crippen LogP contribution in [-0.2, 0) is 10.8 Å². The van der Waals surface area contributed by atoms with Gasteiger partial charge < -0.3 is 4.57 Å². The molecule has 0 saturated carbocycles. The van der Waals surface area contributed by atoms with E-state index in [0.717, 1.165) is 11.0 Å². The zero-order valence-electron chi connectivity index (χ0n) is 58.7. The highest BCUT2D eigenvalue weighted by Gasteiger charge is 2.47. The molecule has 3 nitrogen and oxygen atoms in total. The number of rotatable bonds is 46. The van der Waals surface area contributed by atoms with E-state index in [9.17, 15) is 0 Å². The third-order valence-electron chi connectivity index (χ3n) is 22.3. The zero-order valence-corrected chi connectivity index (χ0v) is 62.8. The fourth-order valence-electron chi connectivity index (χ4n) is 17.1. The van der Waals surface area contributed by atoms with Gasteiger partial charge in [-0.1, -0.05) is 291 Å². The maximum Gasteiger partial charge on any atom is 0.114 e. The molecule has 6 aromatic heterocycles. The first kappa shape index (κ1) is 70.4. The van der Waals surface area contributed by atoms with Crippen molar-refractivity contribution in [2.45, 2.75) is 328 Å².